The number of allylic oxidation sites excluding steroid dienone is 2. The maximum absolute atomic E-state index is 13.6. The van der Waals surface area contributed by atoms with Gasteiger partial charge in [-0.05, 0) is 75.9 Å². The van der Waals surface area contributed by atoms with Crippen LogP contribution >= 0.6 is 31.9 Å². The fourth-order valence-corrected chi connectivity index (χ4v) is 6.32. The van der Waals surface area contributed by atoms with Crippen LogP contribution in [0.15, 0.2) is 86.5 Å². The molecule has 188 valence electrons. The van der Waals surface area contributed by atoms with Gasteiger partial charge in [-0.2, -0.15) is 0 Å². The van der Waals surface area contributed by atoms with Gasteiger partial charge >= 0.3 is 5.97 Å². The summed E-state index contributed by atoms with van der Waals surface area (Å²) >= 11 is 7.33. The molecular weight excluding hydrogens is 598 g/mol. The van der Waals surface area contributed by atoms with Gasteiger partial charge in [0, 0.05) is 28.3 Å². The number of halogens is 2. The lowest BCUT2D eigenvalue weighted by molar-refractivity contribution is -0.138. The number of aryl methyl sites for hydroxylation is 1. The van der Waals surface area contributed by atoms with Crippen LogP contribution < -0.4 is 10.1 Å². The summed E-state index contributed by atoms with van der Waals surface area (Å²) in [6.45, 7) is 6.31. The summed E-state index contributed by atoms with van der Waals surface area (Å²) in [5, 5.41) is 3.33. The fourth-order valence-electron chi connectivity index (χ4n) is 4.87. The lowest BCUT2D eigenvalue weighted by Gasteiger charge is -2.29. The number of ketones is 1. The predicted octanol–water partition coefficient (Wildman–Crippen LogP) is 7.23. The molecule has 0 bridgehead atoms. The monoisotopic (exact) mass is 621 g/mol. The third-order valence-corrected chi connectivity index (χ3v) is 7.78. The normalized spacial score (nSPS) is 16.4. The third-order valence-electron chi connectivity index (χ3n) is 6.60. The Balaban J connectivity index is 1.57. The Morgan fingerprint density at radius 3 is 2.27 bits per heavy atom. The van der Waals surface area contributed by atoms with Crippen LogP contribution in [0.4, 0.5) is 0 Å². The van der Waals surface area contributed by atoms with E-state index in [-0.39, 0.29) is 12.4 Å². The molecule has 37 heavy (non-hydrogen) atoms. The standard InChI is InChI=1S/C30H25Br2NO4/c1-4-36-30(35)24-17(3)33-27-20-7-5-6-8-21(20)28(34)26(27)25(24)19-13-22(31)29(23(32)14-19)37-15-18-11-9-16(2)10-12-18/h5-14,25,33H,4,15H2,1-3H3/t25-/m1/s1. The number of fused-ring (bicyclic) bond motifs is 2. The van der Waals surface area contributed by atoms with E-state index in [1.165, 1.54) is 5.56 Å². The minimum Gasteiger partial charge on any atom is -0.487 e. The summed E-state index contributed by atoms with van der Waals surface area (Å²) in [6.07, 6.45) is 0. The van der Waals surface area contributed by atoms with Gasteiger partial charge in [0.05, 0.1) is 26.8 Å². The summed E-state index contributed by atoms with van der Waals surface area (Å²) < 4.78 is 13.0. The van der Waals surface area contributed by atoms with Crippen molar-refractivity contribution in [1.82, 2.24) is 5.32 Å². The van der Waals surface area contributed by atoms with E-state index in [4.69, 9.17) is 9.47 Å². The van der Waals surface area contributed by atoms with E-state index >= 15 is 0 Å². The number of Topliss-reactive ketones (excluding diaryl/α,β-unsaturated/α-hetero) is 1. The molecule has 1 aliphatic heterocycles. The van der Waals surface area contributed by atoms with Crippen molar-refractivity contribution in [2.75, 3.05) is 6.61 Å². The average Bonchev–Trinajstić information content (AvgIpc) is 3.15. The van der Waals surface area contributed by atoms with Crippen molar-refractivity contribution in [2.45, 2.75) is 33.3 Å². The smallest absolute Gasteiger partial charge is 0.336 e. The molecule has 0 saturated carbocycles. The first-order valence-corrected chi connectivity index (χ1v) is 13.6. The zero-order valence-corrected chi connectivity index (χ0v) is 23.8. The van der Waals surface area contributed by atoms with Crippen molar-refractivity contribution in [3.63, 3.8) is 0 Å². The SMILES string of the molecule is CCOC(=O)C1=C(C)NC2=C(C(=O)c3ccccc32)[C@@H]1c1cc(Br)c(OCc2ccc(C)cc2)c(Br)c1. The minimum absolute atomic E-state index is 0.0932. The van der Waals surface area contributed by atoms with Gasteiger partial charge in [-0.3, -0.25) is 4.79 Å². The lowest BCUT2D eigenvalue weighted by Crippen LogP contribution is -2.29. The first-order valence-electron chi connectivity index (χ1n) is 12.0. The Bertz CT molecular complexity index is 1460. The second-order valence-corrected chi connectivity index (χ2v) is 10.8. The van der Waals surface area contributed by atoms with Gasteiger partial charge in [0.15, 0.2) is 5.78 Å². The number of hydrogen-bond donors (Lipinski definition) is 1. The summed E-state index contributed by atoms with van der Waals surface area (Å²) in [5.74, 6) is -0.495. The van der Waals surface area contributed by atoms with Gasteiger partial charge in [0.2, 0.25) is 0 Å². The van der Waals surface area contributed by atoms with Crippen molar-refractivity contribution in [3.05, 3.63) is 114 Å². The van der Waals surface area contributed by atoms with E-state index in [0.717, 1.165) is 22.4 Å². The molecule has 0 saturated heterocycles. The van der Waals surface area contributed by atoms with Gasteiger partial charge in [0.1, 0.15) is 12.4 Å². The quantitative estimate of drug-likeness (QED) is 0.294. The number of dihydropyridines is 1. The van der Waals surface area contributed by atoms with Gasteiger partial charge in [0.25, 0.3) is 0 Å². The molecular formula is C30H25Br2NO4. The fraction of sp³-hybridized carbons (Fsp3) is 0.200. The Morgan fingerprint density at radius 2 is 1.62 bits per heavy atom. The molecule has 0 spiro atoms. The molecule has 1 N–H and O–H groups in total. The molecule has 1 aliphatic carbocycles. The Kier molecular flexibility index (Phi) is 7.10. The summed E-state index contributed by atoms with van der Waals surface area (Å²) in [7, 11) is 0. The van der Waals surface area contributed by atoms with E-state index in [1.807, 2.05) is 62.4 Å². The number of ether oxygens (including phenoxy) is 2. The van der Waals surface area contributed by atoms with Crippen LogP contribution in [0.3, 0.4) is 0 Å². The molecule has 5 nitrogen and oxygen atoms in total. The molecule has 7 heteroatoms. The average molecular weight is 623 g/mol. The molecule has 3 aromatic rings. The number of benzene rings is 3. The van der Waals surface area contributed by atoms with E-state index in [0.29, 0.717) is 43.7 Å². The van der Waals surface area contributed by atoms with Gasteiger partial charge in [-0.15, -0.1) is 0 Å². The number of esters is 1. The van der Waals surface area contributed by atoms with Crippen LogP contribution in [0.5, 0.6) is 5.75 Å². The van der Waals surface area contributed by atoms with Crippen LogP contribution in [-0.2, 0) is 16.1 Å². The van der Waals surface area contributed by atoms with Crippen molar-refractivity contribution in [2.24, 2.45) is 0 Å². The molecule has 1 atom stereocenters. The first kappa shape index (κ1) is 25.5. The molecule has 0 unspecified atom stereocenters. The Labute approximate surface area is 232 Å². The van der Waals surface area contributed by atoms with Gasteiger partial charge in [-0.1, -0.05) is 54.1 Å². The van der Waals surface area contributed by atoms with Gasteiger partial charge in [-0.25, -0.2) is 4.79 Å². The van der Waals surface area contributed by atoms with Crippen molar-refractivity contribution in [1.29, 1.82) is 0 Å². The van der Waals surface area contributed by atoms with Crippen LogP contribution in [0.25, 0.3) is 5.70 Å². The van der Waals surface area contributed by atoms with Crippen molar-refractivity contribution >= 4 is 49.3 Å². The molecule has 1 heterocycles. The highest BCUT2D eigenvalue weighted by atomic mass is 79.9. The predicted molar refractivity (Wildman–Crippen MR) is 150 cm³/mol. The zero-order chi connectivity index (χ0) is 26.3. The number of carbonyl (C=O) groups is 2. The van der Waals surface area contributed by atoms with Crippen LogP contribution in [0.2, 0.25) is 0 Å². The maximum Gasteiger partial charge on any atom is 0.336 e. The topological polar surface area (TPSA) is 64.6 Å². The largest absolute Gasteiger partial charge is 0.487 e. The van der Waals surface area contributed by atoms with Crippen molar-refractivity contribution < 1.29 is 19.1 Å². The van der Waals surface area contributed by atoms with E-state index < -0.39 is 11.9 Å². The van der Waals surface area contributed by atoms with Crippen LogP contribution in [0.1, 0.15) is 52.4 Å². The number of rotatable bonds is 6. The zero-order valence-electron chi connectivity index (χ0n) is 20.7. The molecule has 0 aromatic heterocycles. The first-order chi connectivity index (χ1) is 17.8. The highest BCUT2D eigenvalue weighted by Gasteiger charge is 2.43. The third kappa shape index (κ3) is 4.66. The second-order valence-electron chi connectivity index (χ2n) is 9.07. The summed E-state index contributed by atoms with van der Waals surface area (Å²) in [4.78, 5) is 26.8. The number of carbonyl (C=O) groups excluding carboxylic acids is 2. The van der Waals surface area contributed by atoms with Crippen LogP contribution in [-0.4, -0.2) is 18.4 Å². The highest BCUT2D eigenvalue weighted by molar-refractivity contribution is 9.11. The Morgan fingerprint density at radius 1 is 0.973 bits per heavy atom. The van der Waals surface area contributed by atoms with Crippen molar-refractivity contribution in [3.8, 4) is 5.75 Å². The molecule has 0 radical (unpaired) electrons. The molecule has 5 rings (SSSR count). The summed E-state index contributed by atoms with van der Waals surface area (Å²) in [6, 6.07) is 19.5. The minimum atomic E-state index is -0.603. The number of hydrogen-bond acceptors (Lipinski definition) is 5. The molecule has 2 aliphatic rings. The van der Waals surface area contributed by atoms with Crippen LogP contribution in [0, 0.1) is 6.92 Å². The van der Waals surface area contributed by atoms with Gasteiger partial charge < -0.3 is 14.8 Å². The highest BCUT2D eigenvalue weighted by Crippen LogP contribution is 2.48. The molecule has 3 aromatic carbocycles. The summed E-state index contributed by atoms with van der Waals surface area (Å²) in [5.41, 5.74) is 6.86. The molecule has 0 fully saturated rings. The Hall–Kier alpha value is -3.16. The molecule has 0 amide bonds. The number of nitrogens with one attached hydrogen (secondary N) is 1. The lowest BCUT2D eigenvalue weighted by atomic mass is 9.80. The van der Waals surface area contributed by atoms with E-state index in [9.17, 15) is 9.59 Å². The second kappa shape index (κ2) is 10.3. The van der Waals surface area contributed by atoms with E-state index in [2.05, 4.69) is 49.3 Å². The van der Waals surface area contributed by atoms with E-state index in [1.54, 1.807) is 6.92 Å². The maximum atomic E-state index is 13.6.